The van der Waals surface area contributed by atoms with Crippen molar-refractivity contribution in [3.63, 3.8) is 0 Å². The molecule has 36 heavy (non-hydrogen) atoms. The van der Waals surface area contributed by atoms with Crippen molar-refractivity contribution in [1.29, 1.82) is 5.26 Å². The van der Waals surface area contributed by atoms with Crippen molar-refractivity contribution in [1.82, 2.24) is 9.55 Å². The molecule has 1 aliphatic heterocycles. The van der Waals surface area contributed by atoms with Crippen LogP contribution in [0.3, 0.4) is 0 Å². The number of aryl methyl sites for hydroxylation is 1. The molecule has 0 amide bonds. The molecular formula is C28H36N4O3S. The van der Waals surface area contributed by atoms with E-state index < -0.39 is 0 Å². The van der Waals surface area contributed by atoms with Crippen LogP contribution in [0, 0.1) is 17.2 Å². The van der Waals surface area contributed by atoms with Crippen molar-refractivity contribution in [2.45, 2.75) is 44.9 Å². The van der Waals surface area contributed by atoms with Gasteiger partial charge in [-0.25, -0.2) is 4.98 Å². The van der Waals surface area contributed by atoms with Crippen LogP contribution in [0.2, 0.25) is 0 Å². The highest BCUT2D eigenvalue weighted by Gasteiger charge is 2.24. The summed E-state index contributed by atoms with van der Waals surface area (Å²) in [7, 11) is 1.73. The number of hydrogen-bond acceptors (Lipinski definition) is 7. The predicted octanol–water partition coefficient (Wildman–Crippen LogP) is 4.42. The fraction of sp³-hybridized carbons (Fsp3) is 0.500. The van der Waals surface area contributed by atoms with Crippen molar-refractivity contribution >= 4 is 28.5 Å². The lowest BCUT2D eigenvalue weighted by atomic mass is 9.95. The van der Waals surface area contributed by atoms with Gasteiger partial charge in [-0.1, -0.05) is 32.0 Å². The van der Waals surface area contributed by atoms with E-state index in [9.17, 15) is 10.4 Å². The standard InChI is InChI=1S/C28H36N4O3S/c1-20(2)16-23-24(17-29)28(30-27(25(23)19-33)31-10-13-35-14-11-31)36-15-8-21-18-32(9-12-34-3)26-7-5-4-6-22(21)26/h4-7,18,20,33H,8-16,19H2,1-3H3. The maximum absolute atomic E-state index is 10.3. The molecule has 0 aliphatic carbocycles. The van der Waals surface area contributed by atoms with E-state index in [2.05, 4.69) is 59.8 Å². The Morgan fingerprint density at radius 3 is 2.69 bits per heavy atom. The van der Waals surface area contributed by atoms with E-state index >= 15 is 0 Å². The van der Waals surface area contributed by atoms with Crippen molar-refractivity contribution in [2.75, 3.05) is 50.7 Å². The Morgan fingerprint density at radius 1 is 1.22 bits per heavy atom. The Labute approximate surface area is 218 Å². The molecule has 0 bridgehead atoms. The quantitative estimate of drug-likeness (QED) is 0.384. The summed E-state index contributed by atoms with van der Waals surface area (Å²) in [5.41, 5.74) is 4.83. The number of aliphatic hydroxyl groups is 1. The minimum atomic E-state index is -0.123. The fourth-order valence-corrected chi connectivity index (χ4v) is 5.82. The molecule has 1 fully saturated rings. The van der Waals surface area contributed by atoms with Gasteiger partial charge >= 0.3 is 0 Å². The van der Waals surface area contributed by atoms with Crippen LogP contribution in [0.5, 0.6) is 0 Å². The largest absolute Gasteiger partial charge is 0.392 e. The molecule has 0 radical (unpaired) electrons. The highest BCUT2D eigenvalue weighted by molar-refractivity contribution is 7.99. The summed E-state index contributed by atoms with van der Waals surface area (Å²) >= 11 is 1.63. The number of para-hydroxylation sites is 1. The molecule has 0 atom stereocenters. The Balaban J connectivity index is 1.63. The second-order valence-corrected chi connectivity index (χ2v) is 10.6. The van der Waals surface area contributed by atoms with Gasteiger partial charge in [0.25, 0.3) is 0 Å². The average molecular weight is 509 g/mol. The van der Waals surface area contributed by atoms with Gasteiger partial charge in [-0.3, -0.25) is 0 Å². The highest BCUT2D eigenvalue weighted by Crippen LogP contribution is 2.34. The number of fused-ring (bicyclic) bond motifs is 1. The van der Waals surface area contributed by atoms with E-state index in [1.807, 2.05) is 0 Å². The van der Waals surface area contributed by atoms with Crippen LogP contribution in [-0.4, -0.2) is 60.4 Å². The van der Waals surface area contributed by atoms with Crippen LogP contribution >= 0.6 is 11.8 Å². The second kappa shape index (κ2) is 12.6. The number of aliphatic hydroxyl groups excluding tert-OH is 1. The van der Waals surface area contributed by atoms with E-state index in [1.54, 1.807) is 18.9 Å². The topological polar surface area (TPSA) is 83.5 Å². The number of nitriles is 1. The first-order valence-electron chi connectivity index (χ1n) is 12.6. The molecule has 8 heteroatoms. The van der Waals surface area contributed by atoms with E-state index in [1.165, 1.54) is 16.5 Å². The number of morpholine rings is 1. The van der Waals surface area contributed by atoms with E-state index in [0.29, 0.717) is 31.3 Å². The number of rotatable bonds is 11. The molecule has 0 spiro atoms. The van der Waals surface area contributed by atoms with Crippen LogP contribution in [-0.2, 0) is 35.5 Å². The molecular weight excluding hydrogens is 472 g/mol. The summed E-state index contributed by atoms with van der Waals surface area (Å²) in [6.45, 7) is 8.39. The lowest BCUT2D eigenvalue weighted by Crippen LogP contribution is -2.37. The lowest BCUT2D eigenvalue weighted by molar-refractivity contribution is 0.122. The molecule has 1 aliphatic rings. The summed E-state index contributed by atoms with van der Waals surface area (Å²) < 4.78 is 13.1. The maximum Gasteiger partial charge on any atom is 0.135 e. The van der Waals surface area contributed by atoms with Gasteiger partial charge in [-0.15, -0.1) is 11.8 Å². The molecule has 0 unspecified atom stereocenters. The summed E-state index contributed by atoms with van der Waals surface area (Å²) in [6.07, 6.45) is 3.83. The smallest absolute Gasteiger partial charge is 0.135 e. The van der Waals surface area contributed by atoms with E-state index in [0.717, 1.165) is 60.2 Å². The van der Waals surface area contributed by atoms with Crippen LogP contribution in [0.15, 0.2) is 35.5 Å². The molecule has 1 aromatic carbocycles. The summed E-state index contributed by atoms with van der Waals surface area (Å²) in [6, 6.07) is 10.9. The summed E-state index contributed by atoms with van der Waals surface area (Å²) in [5, 5.41) is 22.5. The van der Waals surface area contributed by atoms with E-state index in [-0.39, 0.29) is 6.61 Å². The summed E-state index contributed by atoms with van der Waals surface area (Å²) in [4.78, 5) is 7.16. The number of nitrogens with zero attached hydrogens (tertiary/aromatic N) is 4. The van der Waals surface area contributed by atoms with Gasteiger partial charge in [0.2, 0.25) is 0 Å². The monoisotopic (exact) mass is 508 g/mol. The number of methoxy groups -OCH3 is 1. The van der Waals surface area contributed by atoms with Crippen molar-refractivity contribution < 1.29 is 14.6 Å². The van der Waals surface area contributed by atoms with Crippen molar-refractivity contribution in [3.05, 3.63) is 52.7 Å². The molecule has 1 N–H and O–H groups in total. The maximum atomic E-state index is 10.3. The van der Waals surface area contributed by atoms with Gasteiger partial charge in [0.1, 0.15) is 16.9 Å². The number of anilines is 1. The van der Waals surface area contributed by atoms with Gasteiger partial charge in [0.05, 0.1) is 32.0 Å². The van der Waals surface area contributed by atoms with Gasteiger partial charge in [0.15, 0.2) is 0 Å². The zero-order valence-corrected chi connectivity index (χ0v) is 22.3. The minimum Gasteiger partial charge on any atom is -0.392 e. The molecule has 1 saturated heterocycles. The molecule has 0 saturated carbocycles. The van der Waals surface area contributed by atoms with Crippen molar-refractivity contribution in [3.8, 4) is 6.07 Å². The average Bonchev–Trinajstić information content (AvgIpc) is 3.25. The van der Waals surface area contributed by atoms with Crippen molar-refractivity contribution in [2.24, 2.45) is 5.92 Å². The normalized spacial score (nSPS) is 14.1. The second-order valence-electron chi connectivity index (χ2n) is 9.50. The number of aromatic nitrogens is 2. The molecule has 3 heterocycles. The first kappa shape index (κ1) is 26.5. The van der Waals surface area contributed by atoms with Gasteiger partial charge in [-0.2, -0.15) is 5.26 Å². The Kier molecular flexibility index (Phi) is 9.27. The van der Waals surface area contributed by atoms with Gasteiger partial charge < -0.3 is 24.0 Å². The first-order valence-corrected chi connectivity index (χ1v) is 13.6. The Bertz CT molecular complexity index is 1210. The Morgan fingerprint density at radius 2 is 2.00 bits per heavy atom. The molecule has 2 aromatic heterocycles. The minimum absolute atomic E-state index is 0.123. The number of benzene rings is 1. The lowest BCUT2D eigenvalue weighted by Gasteiger charge is -2.31. The van der Waals surface area contributed by atoms with Crippen LogP contribution in [0.1, 0.15) is 36.1 Å². The number of ether oxygens (including phenoxy) is 2. The fourth-order valence-electron chi connectivity index (χ4n) is 4.84. The Hall–Kier alpha value is -2.57. The van der Waals surface area contributed by atoms with Gasteiger partial charge in [0, 0.05) is 55.2 Å². The zero-order valence-electron chi connectivity index (χ0n) is 21.5. The van der Waals surface area contributed by atoms with Crippen LogP contribution in [0.25, 0.3) is 10.9 Å². The predicted molar refractivity (Wildman–Crippen MR) is 145 cm³/mol. The third-order valence-electron chi connectivity index (χ3n) is 6.57. The molecule has 7 nitrogen and oxygen atoms in total. The third kappa shape index (κ3) is 5.87. The summed E-state index contributed by atoms with van der Waals surface area (Å²) in [5.74, 6) is 1.97. The first-order chi connectivity index (χ1) is 17.6. The van der Waals surface area contributed by atoms with Crippen LogP contribution < -0.4 is 4.90 Å². The number of thioether (sulfide) groups is 1. The SMILES string of the molecule is COCCn1cc(CCSc2nc(N3CCOCC3)c(CO)c(CC(C)C)c2C#N)c2ccccc21. The zero-order chi connectivity index (χ0) is 25.5. The third-order valence-corrected chi connectivity index (χ3v) is 7.54. The molecule has 3 aromatic rings. The van der Waals surface area contributed by atoms with Gasteiger partial charge in [-0.05, 0) is 36.0 Å². The number of pyridine rings is 1. The highest BCUT2D eigenvalue weighted by atomic mass is 32.2. The van der Waals surface area contributed by atoms with Crippen LogP contribution in [0.4, 0.5) is 5.82 Å². The molecule has 192 valence electrons. The molecule has 4 rings (SSSR count). The number of hydrogen-bond donors (Lipinski definition) is 1. The van der Waals surface area contributed by atoms with E-state index in [4.69, 9.17) is 14.5 Å².